The Labute approximate surface area is 97.4 Å². The summed E-state index contributed by atoms with van der Waals surface area (Å²) >= 11 is 0. The van der Waals surface area contributed by atoms with Crippen LogP contribution in [0.1, 0.15) is 20.8 Å². The highest BCUT2D eigenvalue weighted by Crippen LogP contribution is 2.05. The smallest absolute Gasteiger partial charge is 0.407 e. The van der Waals surface area contributed by atoms with Crippen molar-refractivity contribution in [3.05, 3.63) is 12.2 Å². The van der Waals surface area contributed by atoms with Crippen LogP contribution in [0.2, 0.25) is 0 Å². The van der Waals surface area contributed by atoms with Crippen LogP contribution in [0.3, 0.4) is 0 Å². The minimum Gasteiger partial charge on any atom is -0.444 e. The van der Waals surface area contributed by atoms with Gasteiger partial charge in [-0.25, -0.2) is 4.79 Å². The fourth-order valence-corrected chi connectivity index (χ4v) is 0.851. The van der Waals surface area contributed by atoms with Gasteiger partial charge in [0.15, 0.2) is 0 Å². The van der Waals surface area contributed by atoms with Gasteiger partial charge in [-0.2, -0.15) is 0 Å². The topological polar surface area (TPSA) is 50.4 Å². The maximum atomic E-state index is 11.2. The predicted octanol–water partition coefficient (Wildman–Crippen LogP) is 1.29. The summed E-state index contributed by atoms with van der Waals surface area (Å²) in [5.41, 5.74) is -0.456. The number of amides is 1. The molecule has 0 aliphatic rings. The van der Waals surface area contributed by atoms with Gasteiger partial charge in [-0.1, -0.05) is 18.1 Å². The molecule has 16 heavy (non-hydrogen) atoms. The fourth-order valence-electron chi connectivity index (χ4n) is 0.851. The Bertz CT molecular complexity index is 272. The van der Waals surface area contributed by atoms with Gasteiger partial charge in [-0.05, 0) is 20.8 Å². The van der Waals surface area contributed by atoms with Crippen LogP contribution in [-0.4, -0.2) is 31.3 Å². The molecule has 0 saturated carbocycles. The zero-order valence-corrected chi connectivity index (χ0v) is 10.2. The first-order valence-corrected chi connectivity index (χ1v) is 5.22. The van der Waals surface area contributed by atoms with Crippen molar-refractivity contribution in [2.75, 3.05) is 19.6 Å². The van der Waals surface area contributed by atoms with Gasteiger partial charge in [0, 0.05) is 13.1 Å². The van der Waals surface area contributed by atoms with Crippen molar-refractivity contribution in [3.63, 3.8) is 0 Å². The molecule has 0 aromatic carbocycles. The molecular formula is C12H20N2O2. The van der Waals surface area contributed by atoms with Crippen LogP contribution in [0.5, 0.6) is 0 Å². The van der Waals surface area contributed by atoms with Crippen LogP contribution in [0.4, 0.5) is 4.79 Å². The van der Waals surface area contributed by atoms with E-state index in [9.17, 15) is 4.79 Å². The molecule has 0 spiro atoms. The van der Waals surface area contributed by atoms with Crippen LogP contribution < -0.4 is 10.6 Å². The summed E-state index contributed by atoms with van der Waals surface area (Å²) in [5, 5.41) is 5.61. The first-order valence-electron chi connectivity index (χ1n) is 5.22. The summed E-state index contributed by atoms with van der Waals surface area (Å²) in [6.45, 7) is 7.17. The van der Waals surface area contributed by atoms with Gasteiger partial charge < -0.3 is 15.4 Å². The van der Waals surface area contributed by atoms with Crippen molar-refractivity contribution in [3.8, 4) is 12.3 Å². The zero-order chi connectivity index (χ0) is 12.4. The van der Waals surface area contributed by atoms with Crippen LogP contribution in [-0.2, 0) is 4.74 Å². The number of terminal acetylenes is 1. The van der Waals surface area contributed by atoms with Gasteiger partial charge in [0.05, 0.1) is 6.54 Å². The largest absolute Gasteiger partial charge is 0.444 e. The third-order valence-corrected chi connectivity index (χ3v) is 1.42. The number of carbonyl (C=O) groups excluding carboxylic acids is 1. The lowest BCUT2D eigenvalue weighted by Gasteiger charge is -2.19. The molecule has 1 amide bonds. The van der Waals surface area contributed by atoms with Gasteiger partial charge in [-0.3, -0.25) is 0 Å². The third kappa shape index (κ3) is 10.6. The lowest BCUT2D eigenvalue weighted by molar-refractivity contribution is 0.0534. The monoisotopic (exact) mass is 224 g/mol. The second-order valence-corrected chi connectivity index (χ2v) is 4.19. The second-order valence-electron chi connectivity index (χ2n) is 4.19. The highest BCUT2D eigenvalue weighted by atomic mass is 16.6. The molecule has 0 radical (unpaired) electrons. The van der Waals surface area contributed by atoms with Gasteiger partial charge >= 0.3 is 6.09 Å². The molecule has 0 fully saturated rings. The van der Waals surface area contributed by atoms with E-state index in [0.717, 1.165) is 0 Å². The molecule has 2 N–H and O–H groups in total. The van der Waals surface area contributed by atoms with Crippen LogP contribution in [0.15, 0.2) is 12.2 Å². The highest BCUT2D eigenvalue weighted by molar-refractivity contribution is 5.67. The predicted molar refractivity (Wildman–Crippen MR) is 65.1 cm³/mol. The number of alkyl carbamates (subject to hydrolysis) is 1. The maximum Gasteiger partial charge on any atom is 0.407 e. The van der Waals surface area contributed by atoms with E-state index in [1.165, 1.54) is 0 Å². The Morgan fingerprint density at radius 2 is 2.00 bits per heavy atom. The number of rotatable bonds is 5. The average molecular weight is 224 g/mol. The first-order chi connectivity index (χ1) is 7.45. The first kappa shape index (κ1) is 14.5. The summed E-state index contributed by atoms with van der Waals surface area (Å²) in [6, 6.07) is 0. The quantitative estimate of drug-likeness (QED) is 0.420. The molecule has 0 aromatic rings. The number of nitrogens with one attached hydrogen (secondary N) is 2. The van der Waals surface area contributed by atoms with E-state index in [1.807, 2.05) is 32.9 Å². The van der Waals surface area contributed by atoms with Crippen molar-refractivity contribution in [2.24, 2.45) is 0 Å². The van der Waals surface area contributed by atoms with E-state index in [0.29, 0.717) is 19.6 Å². The van der Waals surface area contributed by atoms with Gasteiger partial charge in [0.25, 0.3) is 0 Å². The lowest BCUT2D eigenvalue weighted by atomic mass is 10.2. The average Bonchev–Trinajstić information content (AvgIpc) is 2.13. The van der Waals surface area contributed by atoms with Crippen LogP contribution in [0, 0.1) is 12.3 Å². The van der Waals surface area contributed by atoms with Crippen molar-refractivity contribution in [1.82, 2.24) is 10.6 Å². The van der Waals surface area contributed by atoms with E-state index < -0.39 is 11.7 Å². The number of hydrogen-bond donors (Lipinski definition) is 2. The van der Waals surface area contributed by atoms with E-state index >= 15 is 0 Å². The van der Waals surface area contributed by atoms with E-state index in [-0.39, 0.29) is 0 Å². The van der Waals surface area contributed by atoms with Gasteiger partial charge in [-0.15, -0.1) is 6.42 Å². The SMILES string of the molecule is C#CCNC/C=C/CNC(=O)OC(C)(C)C. The molecule has 0 heterocycles. The summed E-state index contributed by atoms with van der Waals surface area (Å²) in [7, 11) is 0. The molecule has 0 atom stereocenters. The minimum absolute atomic E-state index is 0.409. The lowest BCUT2D eigenvalue weighted by Crippen LogP contribution is -2.32. The second kappa shape index (κ2) is 7.77. The number of ether oxygens (including phenoxy) is 1. The normalized spacial score (nSPS) is 11.1. The fraction of sp³-hybridized carbons (Fsp3) is 0.583. The zero-order valence-electron chi connectivity index (χ0n) is 10.2. The standard InChI is InChI=1S/C12H20N2O2/c1-5-8-13-9-6-7-10-14-11(15)16-12(2,3)4/h1,6-7,13H,8-10H2,2-4H3,(H,14,15)/b7-6+. The minimum atomic E-state index is -0.456. The summed E-state index contributed by atoms with van der Waals surface area (Å²) in [4.78, 5) is 11.2. The molecule has 4 heteroatoms. The Morgan fingerprint density at radius 1 is 1.38 bits per heavy atom. The Hall–Kier alpha value is -1.47. The third-order valence-electron chi connectivity index (χ3n) is 1.42. The molecule has 0 bridgehead atoms. The highest BCUT2D eigenvalue weighted by Gasteiger charge is 2.14. The van der Waals surface area contributed by atoms with Crippen molar-refractivity contribution in [2.45, 2.75) is 26.4 Å². The summed E-state index contributed by atoms with van der Waals surface area (Å²) < 4.78 is 5.06. The molecular weight excluding hydrogens is 204 g/mol. The van der Waals surface area contributed by atoms with Gasteiger partial charge in [0.2, 0.25) is 0 Å². The van der Waals surface area contributed by atoms with Crippen molar-refractivity contribution < 1.29 is 9.53 Å². The van der Waals surface area contributed by atoms with Gasteiger partial charge in [0.1, 0.15) is 5.60 Å². The van der Waals surface area contributed by atoms with Crippen molar-refractivity contribution in [1.29, 1.82) is 0 Å². The van der Waals surface area contributed by atoms with E-state index in [2.05, 4.69) is 16.6 Å². The van der Waals surface area contributed by atoms with E-state index in [4.69, 9.17) is 11.2 Å². The van der Waals surface area contributed by atoms with Crippen LogP contribution in [0.25, 0.3) is 0 Å². The summed E-state index contributed by atoms with van der Waals surface area (Å²) in [6.07, 6.45) is 8.39. The van der Waals surface area contributed by atoms with Crippen LogP contribution >= 0.6 is 0 Å². The molecule has 0 unspecified atom stereocenters. The van der Waals surface area contributed by atoms with E-state index in [1.54, 1.807) is 0 Å². The molecule has 4 nitrogen and oxygen atoms in total. The number of hydrogen-bond acceptors (Lipinski definition) is 3. The molecule has 90 valence electrons. The Balaban J connectivity index is 3.52. The molecule has 0 aliphatic carbocycles. The van der Waals surface area contributed by atoms with Crippen molar-refractivity contribution >= 4 is 6.09 Å². The maximum absolute atomic E-state index is 11.2. The Morgan fingerprint density at radius 3 is 2.56 bits per heavy atom. The number of carbonyl (C=O) groups is 1. The Kier molecular flexibility index (Phi) is 7.06. The molecule has 0 aromatic heterocycles. The summed E-state index contributed by atoms with van der Waals surface area (Å²) in [5.74, 6) is 2.47. The molecule has 0 aliphatic heterocycles. The molecule has 0 saturated heterocycles. The molecule has 0 rings (SSSR count).